The third-order valence-corrected chi connectivity index (χ3v) is 1.20. The molecule has 108 valence electrons. The topological polar surface area (TPSA) is 203 Å². The van der Waals surface area contributed by atoms with Crippen LogP contribution in [0.2, 0.25) is 0 Å². The Balaban J connectivity index is -0.000000174. The number of hydrogen-bond acceptors (Lipinski definition) is 10. The summed E-state index contributed by atoms with van der Waals surface area (Å²) in [5.74, 6) is 8.35. The SMILES string of the molecule is NOS(=O)(O)=S.NOS(=O)(O)=S.O=S(O)(O)=S. The van der Waals surface area contributed by atoms with E-state index in [1.165, 1.54) is 0 Å². The summed E-state index contributed by atoms with van der Waals surface area (Å²) in [5, 5.41) is 0. The Kier molecular flexibility index (Phi) is 13.1. The van der Waals surface area contributed by atoms with Crippen molar-refractivity contribution in [3.63, 3.8) is 0 Å². The van der Waals surface area contributed by atoms with Crippen LogP contribution in [-0.2, 0) is 69.3 Å². The van der Waals surface area contributed by atoms with Gasteiger partial charge in [-0.05, 0) is 0 Å². The Morgan fingerprint density at radius 1 is 0.765 bits per heavy atom. The highest BCUT2D eigenvalue weighted by Gasteiger charge is 1.89. The van der Waals surface area contributed by atoms with Crippen LogP contribution in [0.3, 0.4) is 0 Å². The Bertz CT molecular complexity index is 428. The van der Waals surface area contributed by atoms with E-state index in [0.29, 0.717) is 0 Å². The highest BCUT2D eigenvalue weighted by atomic mass is 32.9. The van der Waals surface area contributed by atoms with Gasteiger partial charge in [-0.15, -0.1) is 0 Å². The summed E-state index contributed by atoms with van der Waals surface area (Å²) in [6.07, 6.45) is 0. The Labute approximate surface area is 111 Å². The van der Waals surface area contributed by atoms with Crippen molar-refractivity contribution in [3.05, 3.63) is 0 Å². The van der Waals surface area contributed by atoms with Crippen molar-refractivity contribution in [3.8, 4) is 0 Å². The number of hydrogen-bond donors (Lipinski definition) is 6. The van der Waals surface area contributed by atoms with Crippen molar-refractivity contribution in [1.82, 2.24) is 0 Å². The second kappa shape index (κ2) is 9.69. The molecule has 0 aliphatic rings. The van der Waals surface area contributed by atoms with E-state index >= 15 is 0 Å². The maximum Gasteiger partial charge on any atom is 0.282 e. The average Bonchev–Trinajstić information content (AvgIpc) is 2.00. The standard InChI is InChI=1S/2H3NO3S2.H2O3S2/c2*1-4-6(2,3)5;1-5(2,3)4/h2*1H2,(H,2,3,5);(H2,1,2,3,4). The lowest BCUT2D eigenvalue weighted by atomic mass is 13.6. The lowest BCUT2D eigenvalue weighted by Gasteiger charge is -1.85. The molecule has 17 heteroatoms. The maximum absolute atomic E-state index is 9.58. The van der Waals surface area contributed by atoms with Crippen molar-refractivity contribution in [2.24, 2.45) is 11.8 Å². The quantitative estimate of drug-likeness (QED) is 0.282. The predicted octanol–water partition coefficient (Wildman–Crippen LogP) is -2.30. The van der Waals surface area contributed by atoms with E-state index in [2.05, 4.69) is 53.9 Å². The molecule has 0 aliphatic heterocycles. The van der Waals surface area contributed by atoms with Gasteiger partial charge in [0.2, 0.25) is 0 Å². The first-order valence-corrected chi connectivity index (χ1v) is 9.66. The summed E-state index contributed by atoms with van der Waals surface area (Å²) >= 11 is 10.9. The van der Waals surface area contributed by atoms with E-state index in [0.717, 1.165) is 0 Å². The molecule has 0 spiro atoms. The summed E-state index contributed by atoms with van der Waals surface area (Å²) < 4.78 is 65.4. The maximum atomic E-state index is 9.58. The third kappa shape index (κ3) is 79.7. The minimum Gasteiger partial charge on any atom is -0.285 e. The van der Waals surface area contributed by atoms with Crippen LogP contribution < -0.4 is 11.8 Å². The van der Waals surface area contributed by atoms with Gasteiger partial charge in [0.25, 0.3) is 27.2 Å². The smallest absolute Gasteiger partial charge is 0.282 e. The molecule has 2 atom stereocenters. The summed E-state index contributed by atoms with van der Waals surface area (Å²) in [7, 11) is -10.9. The normalized spacial score (nSPS) is 17.3. The zero-order valence-corrected chi connectivity index (χ0v) is 12.3. The highest BCUT2D eigenvalue weighted by Crippen LogP contribution is 1.73. The molecule has 0 aromatic heterocycles. The molecule has 0 rings (SSSR count). The Morgan fingerprint density at radius 2 is 0.824 bits per heavy atom. The fraction of sp³-hybridized carbons (Fsp3) is 0. The summed E-state index contributed by atoms with van der Waals surface area (Å²) in [6.45, 7) is 0. The van der Waals surface area contributed by atoms with Gasteiger partial charge in [-0.1, -0.05) is 0 Å². The lowest BCUT2D eigenvalue weighted by Crippen LogP contribution is -2.06. The van der Waals surface area contributed by atoms with Crippen molar-refractivity contribution >= 4 is 60.7 Å². The van der Waals surface area contributed by atoms with Crippen LogP contribution in [-0.4, -0.2) is 30.8 Å². The van der Waals surface area contributed by atoms with Crippen LogP contribution in [0.15, 0.2) is 0 Å². The summed E-state index contributed by atoms with van der Waals surface area (Å²) in [5.41, 5.74) is 0. The summed E-state index contributed by atoms with van der Waals surface area (Å²) in [6, 6.07) is 0. The summed E-state index contributed by atoms with van der Waals surface area (Å²) in [4.78, 5) is 0. The van der Waals surface area contributed by atoms with Crippen LogP contribution in [0.1, 0.15) is 0 Å². The van der Waals surface area contributed by atoms with Crippen molar-refractivity contribution in [2.75, 3.05) is 0 Å². The molecule has 0 aromatic rings. The fourth-order valence-corrected chi connectivity index (χ4v) is 0. The fourth-order valence-electron chi connectivity index (χ4n) is 0. The second-order valence-corrected chi connectivity index (χ2v) is 8.32. The molecule has 0 heterocycles. The Hall–Kier alpha value is 0.790. The van der Waals surface area contributed by atoms with Gasteiger partial charge in [-0.3, -0.25) is 18.2 Å². The van der Waals surface area contributed by atoms with Gasteiger partial charge in [0.05, 0.1) is 0 Å². The molecule has 0 saturated heterocycles. The van der Waals surface area contributed by atoms with Gasteiger partial charge >= 0.3 is 0 Å². The van der Waals surface area contributed by atoms with E-state index in [9.17, 15) is 8.42 Å². The van der Waals surface area contributed by atoms with Gasteiger partial charge in [-0.2, -0.15) is 33.0 Å². The van der Waals surface area contributed by atoms with Gasteiger partial charge in [0.15, 0.2) is 0 Å². The van der Waals surface area contributed by atoms with Crippen LogP contribution in [0.4, 0.5) is 0 Å². The first-order chi connectivity index (χ1) is 7.12. The van der Waals surface area contributed by atoms with Crippen LogP contribution in [0, 0.1) is 0 Å². The second-order valence-electron chi connectivity index (χ2n) is 1.50. The molecule has 0 bridgehead atoms. The molecule has 0 fully saturated rings. The lowest BCUT2D eigenvalue weighted by molar-refractivity contribution is 0.316. The molecule has 0 aliphatic carbocycles. The van der Waals surface area contributed by atoms with E-state index in [1.54, 1.807) is 0 Å². The number of nitrogens with two attached hydrogens (primary N) is 2. The van der Waals surface area contributed by atoms with Crippen LogP contribution in [0.5, 0.6) is 0 Å². The zero-order valence-electron chi connectivity index (χ0n) is 7.43. The predicted molar refractivity (Wildman–Crippen MR) is 67.6 cm³/mol. The molecular weight excluding hydrogens is 364 g/mol. The zero-order chi connectivity index (χ0) is 14.9. The Morgan fingerprint density at radius 3 is 0.824 bits per heavy atom. The largest absolute Gasteiger partial charge is 0.285 e. The molecular formula is H8N2O9S6. The average molecular weight is 372 g/mol. The molecule has 0 saturated carbocycles. The van der Waals surface area contributed by atoms with Crippen molar-refractivity contribution in [2.45, 2.75) is 0 Å². The minimum atomic E-state index is -3.83. The monoisotopic (exact) mass is 372 g/mol. The van der Waals surface area contributed by atoms with E-state index in [-0.39, 0.29) is 0 Å². The molecule has 8 N–H and O–H groups in total. The molecule has 17 heavy (non-hydrogen) atoms. The molecule has 2 unspecified atom stereocenters. The van der Waals surface area contributed by atoms with Gasteiger partial charge < -0.3 is 0 Å². The van der Waals surface area contributed by atoms with E-state index < -0.39 is 27.2 Å². The van der Waals surface area contributed by atoms with Gasteiger partial charge in [0, 0.05) is 33.6 Å². The highest BCUT2D eigenvalue weighted by molar-refractivity contribution is 8.27. The molecule has 0 radical (unpaired) electrons. The van der Waals surface area contributed by atoms with Gasteiger partial charge in [-0.25, -0.2) is 0 Å². The van der Waals surface area contributed by atoms with Crippen LogP contribution >= 0.6 is 0 Å². The third-order valence-electron chi connectivity index (χ3n) is 0.243. The molecule has 11 nitrogen and oxygen atoms in total. The number of rotatable bonds is 2. The molecule has 0 amide bonds. The van der Waals surface area contributed by atoms with E-state index in [4.69, 9.17) is 22.4 Å². The minimum absolute atomic E-state index is 3.34. The first kappa shape index (κ1) is 22.9. The van der Waals surface area contributed by atoms with Crippen molar-refractivity contribution in [1.29, 1.82) is 0 Å². The first-order valence-electron chi connectivity index (χ1n) is 2.54. The van der Waals surface area contributed by atoms with E-state index in [1.807, 2.05) is 0 Å². The molecule has 0 aromatic carbocycles. The van der Waals surface area contributed by atoms with Crippen molar-refractivity contribution < 1.29 is 39.4 Å². The van der Waals surface area contributed by atoms with Gasteiger partial charge in [0.1, 0.15) is 0 Å². The van der Waals surface area contributed by atoms with Crippen LogP contribution in [0.25, 0.3) is 0 Å².